The van der Waals surface area contributed by atoms with Gasteiger partial charge >= 0.3 is 0 Å². The number of thiophene rings is 1. The van der Waals surface area contributed by atoms with Crippen LogP contribution in [0.5, 0.6) is 0 Å². The van der Waals surface area contributed by atoms with Gasteiger partial charge in [-0.1, -0.05) is 0 Å². The van der Waals surface area contributed by atoms with Gasteiger partial charge in [0, 0.05) is 37.6 Å². The Labute approximate surface area is 123 Å². The lowest BCUT2D eigenvalue weighted by molar-refractivity contribution is 0.102. The van der Waals surface area contributed by atoms with Crippen molar-refractivity contribution in [1.82, 2.24) is 14.9 Å². The second kappa shape index (κ2) is 6.72. The summed E-state index contributed by atoms with van der Waals surface area (Å²) in [5, 5.41) is 2.06. The van der Waals surface area contributed by atoms with Gasteiger partial charge in [0.05, 0.1) is 10.6 Å². The molecule has 0 amide bonds. The predicted octanol–water partition coefficient (Wildman–Crippen LogP) is 2.80. The van der Waals surface area contributed by atoms with Crippen LogP contribution in [0, 0.1) is 0 Å². The molecule has 20 heavy (non-hydrogen) atoms. The van der Waals surface area contributed by atoms with Crippen LogP contribution >= 0.6 is 11.3 Å². The fourth-order valence-electron chi connectivity index (χ4n) is 1.98. The summed E-state index contributed by atoms with van der Waals surface area (Å²) in [5.74, 6) is 0.136. The van der Waals surface area contributed by atoms with E-state index < -0.39 is 0 Å². The third-order valence-electron chi connectivity index (χ3n) is 3.31. The van der Waals surface area contributed by atoms with Gasteiger partial charge in [0.25, 0.3) is 0 Å². The molecule has 0 N–H and O–H groups in total. The van der Waals surface area contributed by atoms with Crippen molar-refractivity contribution < 1.29 is 4.79 Å². The summed E-state index contributed by atoms with van der Waals surface area (Å²) in [6, 6.07) is 2.35. The first-order valence-electron chi connectivity index (χ1n) is 6.59. The lowest BCUT2D eigenvalue weighted by atomic mass is 10.1. The second-order valence-corrected chi connectivity index (χ2v) is 5.95. The second-order valence-electron chi connectivity index (χ2n) is 5.04. The number of rotatable bonds is 6. The molecule has 106 valence electrons. The predicted molar refractivity (Wildman–Crippen MR) is 81.0 cm³/mol. The van der Waals surface area contributed by atoms with E-state index in [4.69, 9.17) is 0 Å². The average Bonchev–Trinajstić information content (AvgIpc) is 2.88. The Balaban J connectivity index is 1.93. The van der Waals surface area contributed by atoms with Crippen molar-refractivity contribution in [3.8, 4) is 0 Å². The van der Waals surface area contributed by atoms with Crippen molar-refractivity contribution >= 4 is 17.1 Å². The first-order chi connectivity index (χ1) is 9.56. The van der Waals surface area contributed by atoms with Crippen LogP contribution in [0.15, 0.2) is 30.0 Å². The smallest absolute Gasteiger partial charge is 0.169 e. The van der Waals surface area contributed by atoms with E-state index in [9.17, 15) is 4.79 Å². The lowest BCUT2D eigenvalue weighted by Crippen LogP contribution is -2.30. The van der Waals surface area contributed by atoms with E-state index in [0.717, 1.165) is 23.5 Å². The van der Waals surface area contributed by atoms with Gasteiger partial charge in [-0.2, -0.15) is 0 Å². The molecule has 0 fully saturated rings. The summed E-state index contributed by atoms with van der Waals surface area (Å²) in [6.07, 6.45) is 6.09. The van der Waals surface area contributed by atoms with Crippen LogP contribution in [0.4, 0.5) is 0 Å². The highest BCUT2D eigenvalue weighted by atomic mass is 32.1. The molecule has 5 heteroatoms. The largest absolute Gasteiger partial charge is 0.299 e. The highest BCUT2D eigenvalue weighted by Crippen LogP contribution is 2.17. The van der Waals surface area contributed by atoms with E-state index in [1.807, 2.05) is 12.3 Å². The molecular weight excluding hydrogens is 270 g/mol. The molecule has 4 nitrogen and oxygen atoms in total. The molecule has 0 bridgehead atoms. The number of hydrogen-bond donors (Lipinski definition) is 0. The van der Waals surface area contributed by atoms with Gasteiger partial charge in [-0.3, -0.25) is 19.7 Å². The van der Waals surface area contributed by atoms with Crippen LogP contribution in [-0.4, -0.2) is 33.7 Å². The molecule has 2 heterocycles. The minimum Gasteiger partial charge on any atom is -0.299 e. The molecule has 0 aromatic carbocycles. The Hall–Kier alpha value is -1.59. The fourth-order valence-corrected chi connectivity index (χ4v) is 2.79. The zero-order valence-corrected chi connectivity index (χ0v) is 12.9. The zero-order valence-electron chi connectivity index (χ0n) is 12.0. The number of nitrogens with zero attached hydrogens (tertiary/aromatic N) is 3. The SMILES string of the molecule is CC(=O)c1cc(CN(C)[C@H](C)Cc2cnccn2)cs1. The van der Waals surface area contributed by atoms with Gasteiger partial charge in [0.2, 0.25) is 0 Å². The summed E-state index contributed by atoms with van der Waals surface area (Å²) < 4.78 is 0. The van der Waals surface area contributed by atoms with Crippen LogP contribution in [0.25, 0.3) is 0 Å². The zero-order chi connectivity index (χ0) is 14.5. The Morgan fingerprint density at radius 3 is 2.85 bits per heavy atom. The van der Waals surface area contributed by atoms with E-state index in [2.05, 4.69) is 34.2 Å². The molecule has 0 saturated carbocycles. The minimum atomic E-state index is 0.136. The van der Waals surface area contributed by atoms with Gasteiger partial charge in [-0.25, -0.2) is 0 Å². The van der Waals surface area contributed by atoms with E-state index in [1.54, 1.807) is 19.3 Å². The molecule has 0 saturated heterocycles. The Kier molecular flexibility index (Phi) is 4.98. The minimum absolute atomic E-state index is 0.136. The van der Waals surface area contributed by atoms with Gasteiger partial charge in [-0.15, -0.1) is 11.3 Å². The number of carbonyl (C=O) groups excluding carboxylic acids is 1. The number of aromatic nitrogens is 2. The van der Waals surface area contributed by atoms with Crippen LogP contribution < -0.4 is 0 Å². The van der Waals surface area contributed by atoms with Crippen molar-refractivity contribution in [2.45, 2.75) is 32.9 Å². The van der Waals surface area contributed by atoms with Crippen LogP contribution in [0.3, 0.4) is 0 Å². The number of likely N-dealkylation sites (N-methyl/N-ethyl adjacent to an activating group) is 1. The molecule has 0 aliphatic carbocycles. The summed E-state index contributed by atoms with van der Waals surface area (Å²) >= 11 is 1.52. The van der Waals surface area contributed by atoms with E-state index in [0.29, 0.717) is 6.04 Å². The maximum Gasteiger partial charge on any atom is 0.169 e. The topological polar surface area (TPSA) is 46.1 Å². The molecule has 0 spiro atoms. The van der Waals surface area contributed by atoms with Crippen molar-refractivity contribution in [3.05, 3.63) is 46.2 Å². The monoisotopic (exact) mass is 289 g/mol. The summed E-state index contributed by atoms with van der Waals surface area (Å²) in [7, 11) is 2.09. The van der Waals surface area contributed by atoms with Crippen molar-refractivity contribution in [1.29, 1.82) is 0 Å². The highest BCUT2D eigenvalue weighted by molar-refractivity contribution is 7.12. The molecule has 2 aromatic rings. The molecule has 0 aliphatic heterocycles. The Morgan fingerprint density at radius 1 is 1.45 bits per heavy atom. The molecule has 2 aromatic heterocycles. The first-order valence-corrected chi connectivity index (χ1v) is 7.47. The standard InChI is InChI=1S/C15H19N3OS/c1-11(6-14-8-16-4-5-17-14)18(3)9-13-7-15(12(2)19)20-10-13/h4-5,7-8,10-11H,6,9H2,1-3H3/t11-/m1/s1. The van der Waals surface area contributed by atoms with Gasteiger partial charge < -0.3 is 0 Å². The quantitative estimate of drug-likeness (QED) is 0.767. The first kappa shape index (κ1) is 14.8. The molecule has 2 rings (SSSR count). The van der Waals surface area contributed by atoms with Crippen LogP contribution in [-0.2, 0) is 13.0 Å². The molecule has 0 unspecified atom stereocenters. The Bertz CT molecular complexity index is 568. The molecule has 1 atom stereocenters. The maximum atomic E-state index is 11.3. The number of hydrogen-bond acceptors (Lipinski definition) is 5. The number of Topliss-reactive ketones (excluding diaryl/α,β-unsaturated/α-hetero) is 1. The van der Waals surface area contributed by atoms with Crippen LogP contribution in [0.1, 0.15) is 34.8 Å². The molecule has 0 aliphatic rings. The van der Waals surface area contributed by atoms with Gasteiger partial charge in [0.15, 0.2) is 5.78 Å². The number of ketones is 1. The van der Waals surface area contributed by atoms with Crippen molar-refractivity contribution in [2.24, 2.45) is 0 Å². The lowest BCUT2D eigenvalue weighted by Gasteiger charge is -2.23. The summed E-state index contributed by atoms with van der Waals surface area (Å²) in [6.45, 7) is 4.62. The maximum absolute atomic E-state index is 11.3. The Morgan fingerprint density at radius 2 is 2.25 bits per heavy atom. The van der Waals surface area contributed by atoms with E-state index >= 15 is 0 Å². The van der Waals surface area contributed by atoms with Gasteiger partial charge in [0.1, 0.15) is 0 Å². The highest BCUT2D eigenvalue weighted by Gasteiger charge is 2.13. The van der Waals surface area contributed by atoms with E-state index in [1.165, 1.54) is 16.9 Å². The molecule has 0 radical (unpaired) electrons. The van der Waals surface area contributed by atoms with Crippen molar-refractivity contribution in [2.75, 3.05) is 7.05 Å². The summed E-state index contributed by atoms with van der Waals surface area (Å²) in [5.41, 5.74) is 2.19. The average molecular weight is 289 g/mol. The normalized spacial score (nSPS) is 12.6. The van der Waals surface area contributed by atoms with Gasteiger partial charge in [-0.05, 0) is 37.9 Å². The summed E-state index contributed by atoms with van der Waals surface area (Å²) in [4.78, 5) is 22.8. The molecular formula is C15H19N3OS. The van der Waals surface area contributed by atoms with Crippen molar-refractivity contribution in [3.63, 3.8) is 0 Å². The third-order valence-corrected chi connectivity index (χ3v) is 4.39. The van der Waals surface area contributed by atoms with E-state index in [-0.39, 0.29) is 5.78 Å². The number of carbonyl (C=O) groups is 1. The van der Waals surface area contributed by atoms with Crippen LogP contribution in [0.2, 0.25) is 0 Å². The third kappa shape index (κ3) is 3.95. The fraction of sp³-hybridized carbons (Fsp3) is 0.400.